The van der Waals surface area contributed by atoms with Crippen LogP contribution in [0.1, 0.15) is 32.6 Å². The van der Waals surface area contributed by atoms with Crippen LogP contribution in [0.2, 0.25) is 0 Å². The Morgan fingerprint density at radius 1 is 1.40 bits per heavy atom. The van der Waals surface area contributed by atoms with Gasteiger partial charge in [-0.2, -0.15) is 0 Å². The third-order valence-corrected chi connectivity index (χ3v) is 2.91. The number of amides is 1. The first-order chi connectivity index (χ1) is 6.99. The number of rotatable bonds is 4. The highest BCUT2D eigenvalue weighted by Crippen LogP contribution is 2.25. The minimum absolute atomic E-state index is 0.0878. The van der Waals surface area contributed by atoms with Crippen LogP contribution in [0.5, 0.6) is 0 Å². The van der Waals surface area contributed by atoms with Gasteiger partial charge >= 0.3 is 5.97 Å². The Morgan fingerprint density at radius 2 is 1.93 bits per heavy atom. The van der Waals surface area contributed by atoms with Gasteiger partial charge in [-0.1, -0.05) is 12.8 Å². The summed E-state index contributed by atoms with van der Waals surface area (Å²) in [6.45, 7) is 0.711. The van der Waals surface area contributed by atoms with Crippen molar-refractivity contribution in [3.63, 3.8) is 0 Å². The molecule has 0 saturated heterocycles. The quantitative estimate of drug-likeness (QED) is 0.622. The molecule has 1 aliphatic carbocycles. The van der Waals surface area contributed by atoms with Crippen molar-refractivity contribution in [2.75, 3.05) is 6.61 Å². The summed E-state index contributed by atoms with van der Waals surface area (Å²) in [5.74, 6) is -1.56. The molecule has 1 rings (SSSR count). The Morgan fingerprint density at radius 3 is 2.33 bits per heavy atom. The molecule has 1 saturated carbocycles. The summed E-state index contributed by atoms with van der Waals surface area (Å²) in [5, 5.41) is 20.2. The number of hydrogen-bond donors (Lipinski definition) is 3. The summed E-state index contributed by atoms with van der Waals surface area (Å²) >= 11 is 0. The molecule has 0 aromatic heterocycles. The van der Waals surface area contributed by atoms with E-state index in [1.54, 1.807) is 0 Å². The lowest BCUT2D eigenvalue weighted by Crippen LogP contribution is -2.56. The molecule has 0 bridgehead atoms. The highest BCUT2D eigenvalue weighted by Gasteiger charge is 2.36. The molecule has 1 amide bonds. The van der Waals surface area contributed by atoms with Gasteiger partial charge in [0.15, 0.2) is 5.54 Å². The van der Waals surface area contributed by atoms with Crippen molar-refractivity contribution in [3.8, 4) is 0 Å². The number of aliphatic hydroxyl groups is 1. The third-order valence-electron chi connectivity index (χ3n) is 2.91. The van der Waals surface area contributed by atoms with Gasteiger partial charge in [0.2, 0.25) is 5.91 Å². The SMILES string of the molecule is C[C@@](CO)(NC(=O)C1CCCC1)C(=O)O. The normalized spacial score (nSPS) is 20.9. The highest BCUT2D eigenvalue weighted by molar-refractivity contribution is 5.87. The van der Waals surface area contributed by atoms with Gasteiger partial charge in [-0.15, -0.1) is 0 Å². The van der Waals surface area contributed by atoms with Crippen LogP contribution in [-0.4, -0.2) is 34.2 Å². The molecule has 0 unspecified atom stereocenters. The van der Waals surface area contributed by atoms with E-state index in [-0.39, 0.29) is 11.8 Å². The van der Waals surface area contributed by atoms with Crippen molar-refractivity contribution in [3.05, 3.63) is 0 Å². The van der Waals surface area contributed by atoms with Gasteiger partial charge < -0.3 is 15.5 Å². The predicted octanol–water partition coefficient (Wildman–Crippen LogP) is 0.128. The molecule has 0 radical (unpaired) electrons. The zero-order valence-electron chi connectivity index (χ0n) is 8.82. The molecule has 1 fully saturated rings. The average Bonchev–Trinajstić information content (AvgIpc) is 2.70. The van der Waals surface area contributed by atoms with Crippen LogP contribution >= 0.6 is 0 Å². The summed E-state index contributed by atoms with van der Waals surface area (Å²) in [5.41, 5.74) is -1.56. The smallest absolute Gasteiger partial charge is 0.331 e. The largest absolute Gasteiger partial charge is 0.479 e. The van der Waals surface area contributed by atoms with Gasteiger partial charge in [-0.05, 0) is 19.8 Å². The molecule has 0 spiro atoms. The number of aliphatic carboxylic acids is 1. The molecule has 1 atom stereocenters. The van der Waals surface area contributed by atoms with Crippen molar-refractivity contribution in [1.29, 1.82) is 0 Å². The standard InChI is InChI=1S/C10H17NO4/c1-10(6-12,9(14)15)11-8(13)7-4-2-3-5-7/h7,12H,2-6H2,1H3,(H,11,13)(H,14,15)/t10-/m0/s1. The second-order valence-electron chi connectivity index (χ2n) is 4.27. The molecule has 1 aliphatic rings. The zero-order chi connectivity index (χ0) is 11.5. The van der Waals surface area contributed by atoms with E-state index in [9.17, 15) is 9.59 Å². The van der Waals surface area contributed by atoms with Crippen LogP contribution in [-0.2, 0) is 9.59 Å². The van der Waals surface area contributed by atoms with E-state index in [0.29, 0.717) is 0 Å². The molecular weight excluding hydrogens is 198 g/mol. The van der Waals surface area contributed by atoms with E-state index >= 15 is 0 Å². The van der Waals surface area contributed by atoms with Crippen LogP contribution < -0.4 is 5.32 Å². The molecule has 15 heavy (non-hydrogen) atoms. The summed E-state index contributed by atoms with van der Waals surface area (Å²) in [4.78, 5) is 22.5. The number of carboxylic acids is 1. The van der Waals surface area contributed by atoms with Gasteiger partial charge in [0, 0.05) is 5.92 Å². The zero-order valence-corrected chi connectivity index (χ0v) is 8.82. The van der Waals surface area contributed by atoms with E-state index in [1.165, 1.54) is 6.92 Å². The Labute approximate surface area is 88.5 Å². The van der Waals surface area contributed by atoms with E-state index in [0.717, 1.165) is 25.7 Å². The number of carboxylic acid groups (broad SMARTS) is 1. The fourth-order valence-electron chi connectivity index (χ4n) is 1.72. The Balaban J connectivity index is 2.58. The lowest BCUT2D eigenvalue weighted by Gasteiger charge is -2.25. The summed E-state index contributed by atoms with van der Waals surface area (Å²) < 4.78 is 0. The molecule has 5 nitrogen and oxygen atoms in total. The van der Waals surface area contributed by atoms with Crippen LogP contribution in [0.25, 0.3) is 0 Å². The molecular formula is C10H17NO4. The lowest BCUT2D eigenvalue weighted by atomic mass is 10.0. The molecule has 3 N–H and O–H groups in total. The van der Waals surface area contributed by atoms with Crippen LogP contribution in [0, 0.1) is 5.92 Å². The topological polar surface area (TPSA) is 86.6 Å². The summed E-state index contributed by atoms with van der Waals surface area (Å²) in [6, 6.07) is 0. The molecule has 0 aliphatic heterocycles. The van der Waals surface area contributed by atoms with Crippen molar-refractivity contribution in [2.45, 2.75) is 38.1 Å². The highest BCUT2D eigenvalue weighted by atomic mass is 16.4. The molecule has 0 heterocycles. The van der Waals surface area contributed by atoms with Gasteiger partial charge in [-0.25, -0.2) is 4.79 Å². The van der Waals surface area contributed by atoms with Crippen molar-refractivity contribution in [2.24, 2.45) is 5.92 Å². The monoisotopic (exact) mass is 215 g/mol. The Hall–Kier alpha value is -1.10. The molecule has 86 valence electrons. The second-order valence-corrected chi connectivity index (χ2v) is 4.27. The fraction of sp³-hybridized carbons (Fsp3) is 0.800. The number of carbonyl (C=O) groups is 2. The summed E-state index contributed by atoms with van der Waals surface area (Å²) in [7, 11) is 0. The minimum atomic E-state index is -1.56. The Kier molecular flexibility index (Phi) is 3.68. The minimum Gasteiger partial charge on any atom is -0.479 e. The summed E-state index contributed by atoms with van der Waals surface area (Å²) in [6.07, 6.45) is 3.65. The molecule has 0 aromatic carbocycles. The lowest BCUT2D eigenvalue weighted by molar-refractivity contribution is -0.149. The number of carbonyl (C=O) groups excluding carboxylic acids is 1. The molecule has 0 aromatic rings. The molecule has 5 heteroatoms. The van der Waals surface area contributed by atoms with Crippen molar-refractivity contribution in [1.82, 2.24) is 5.32 Å². The Bertz CT molecular complexity index is 260. The van der Waals surface area contributed by atoms with E-state index < -0.39 is 18.1 Å². The first kappa shape index (κ1) is 12.0. The van der Waals surface area contributed by atoms with Gasteiger partial charge in [0.1, 0.15) is 0 Å². The average molecular weight is 215 g/mol. The first-order valence-corrected chi connectivity index (χ1v) is 5.16. The van der Waals surface area contributed by atoms with Gasteiger partial charge in [-0.3, -0.25) is 4.79 Å². The number of hydrogen-bond acceptors (Lipinski definition) is 3. The predicted molar refractivity (Wildman–Crippen MR) is 53.2 cm³/mol. The van der Waals surface area contributed by atoms with E-state index in [1.807, 2.05) is 0 Å². The van der Waals surface area contributed by atoms with Crippen LogP contribution in [0.3, 0.4) is 0 Å². The third kappa shape index (κ3) is 2.68. The van der Waals surface area contributed by atoms with Crippen LogP contribution in [0.15, 0.2) is 0 Å². The maximum atomic E-state index is 11.6. The maximum absolute atomic E-state index is 11.6. The van der Waals surface area contributed by atoms with Crippen molar-refractivity contribution >= 4 is 11.9 Å². The fourth-order valence-corrected chi connectivity index (χ4v) is 1.72. The van der Waals surface area contributed by atoms with Crippen molar-refractivity contribution < 1.29 is 19.8 Å². The number of aliphatic hydroxyl groups excluding tert-OH is 1. The number of nitrogens with one attached hydrogen (secondary N) is 1. The van der Waals surface area contributed by atoms with Crippen LogP contribution in [0.4, 0.5) is 0 Å². The first-order valence-electron chi connectivity index (χ1n) is 5.16. The maximum Gasteiger partial charge on any atom is 0.331 e. The van der Waals surface area contributed by atoms with Gasteiger partial charge in [0.05, 0.1) is 6.61 Å². The van der Waals surface area contributed by atoms with E-state index in [4.69, 9.17) is 10.2 Å². The second kappa shape index (κ2) is 4.61. The van der Waals surface area contributed by atoms with E-state index in [2.05, 4.69) is 5.32 Å². The van der Waals surface area contributed by atoms with Gasteiger partial charge in [0.25, 0.3) is 0 Å².